The van der Waals surface area contributed by atoms with Crippen LogP contribution in [0.4, 0.5) is 5.69 Å². The van der Waals surface area contributed by atoms with Gasteiger partial charge < -0.3 is 9.88 Å². The summed E-state index contributed by atoms with van der Waals surface area (Å²) >= 11 is 1.39. The first-order valence-corrected chi connectivity index (χ1v) is 10.3. The van der Waals surface area contributed by atoms with E-state index in [-0.39, 0.29) is 11.7 Å². The van der Waals surface area contributed by atoms with E-state index in [0.29, 0.717) is 5.92 Å². The third kappa shape index (κ3) is 4.28. The van der Waals surface area contributed by atoms with Crippen molar-refractivity contribution in [1.82, 2.24) is 14.8 Å². The molecule has 1 N–H and O–H groups in total. The Balaban J connectivity index is 1.71. The number of amides is 1. The average molecular weight is 395 g/mol. The summed E-state index contributed by atoms with van der Waals surface area (Å²) in [6.07, 6.45) is 0. The Morgan fingerprint density at radius 3 is 2.50 bits per heavy atom. The Morgan fingerprint density at radius 1 is 1.07 bits per heavy atom. The number of aromatic nitrogens is 3. The predicted molar refractivity (Wildman–Crippen MR) is 116 cm³/mol. The van der Waals surface area contributed by atoms with E-state index in [1.165, 1.54) is 11.8 Å². The molecule has 0 fully saturated rings. The number of para-hydroxylation sites is 1. The van der Waals surface area contributed by atoms with Crippen LogP contribution in [-0.4, -0.2) is 26.4 Å². The number of nitrogens with one attached hydrogen (secondary N) is 1. The molecule has 0 radical (unpaired) electrons. The van der Waals surface area contributed by atoms with E-state index in [2.05, 4.69) is 48.4 Å². The molecular formula is C22H26N4OS. The second kappa shape index (κ2) is 8.61. The number of nitrogens with zero attached hydrogens (tertiary/aromatic N) is 3. The highest BCUT2D eigenvalue weighted by Gasteiger charge is 2.16. The number of aryl methyl sites for hydroxylation is 2. The van der Waals surface area contributed by atoms with Gasteiger partial charge in [0.05, 0.1) is 5.75 Å². The SMILES string of the molecule is Cc1ccccc1-c1nnc(SCC(=O)Nc2c(C)cccc2C(C)C)n1C. The molecular weight excluding hydrogens is 368 g/mol. The Kier molecular flexibility index (Phi) is 6.19. The number of carbonyl (C=O) groups excluding carboxylic acids is 1. The van der Waals surface area contributed by atoms with Crippen molar-refractivity contribution < 1.29 is 4.79 Å². The van der Waals surface area contributed by atoms with Crippen molar-refractivity contribution >= 4 is 23.4 Å². The van der Waals surface area contributed by atoms with E-state index < -0.39 is 0 Å². The molecule has 28 heavy (non-hydrogen) atoms. The topological polar surface area (TPSA) is 59.8 Å². The minimum atomic E-state index is -0.0401. The lowest BCUT2D eigenvalue weighted by Crippen LogP contribution is -2.17. The van der Waals surface area contributed by atoms with Crippen LogP contribution in [0.1, 0.15) is 36.5 Å². The number of carbonyl (C=O) groups is 1. The van der Waals surface area contributed by atoms with Crippen molar-refractivity contribution in [3.05, 3.63) is 59.2 Å². The summed E-state index contributed by atoms with van der Waals surface area (Å²) in [5.74, 6) is 1.40. The minimum Gasteiger partial charge on any atom is -0.325 e. The monoisotopic (exact) mass is 394 g/mol. The molecule has 3 aromatic rings. The third-order valence-corrected chi connectivity index (χ3v) is 5.76. The fourth-order valence-electron chi connectivity index (χ4n) is 3.15. The molecule has 6 heteroatoms. The van der Waals surface area contributed by atoms with Gasteiger partial charge in [-0.1, -0.05) is 68.1 Å². The van der Waals surface area contributed by atoms with Gasteiger partial charge in [-0.3, -0.25) is 4.79 Å². The van der Waals surface area contributed by atoms with E-state index >= 15 is 0 Å². The van der Waals surface area contributed by atoms with Crippen molar-refractivity contribution in [3.63, 3.8) is 0 Å². The fraction of sp³-hybridized carbons (Fsp3) is 0.318. The van der Waals surface area contributed by atoms with E-state index in [9.17, 15) is 4.79 Å². The molecule has 146 valence electrons. The van der Waals surface area contributed by atoms with Crippen LogP contribution in [0.2, 0.25) is 0 Å². The Morgan fingerprint density at radius 2 is 1.79 bits per heavy atom. The number of anilines is 1. The van der Waals surface area contributed by atoms with Crippen molar-refractivity contribution in [2.75, 3.05) is 11.1 Å². The van der Waals surface area contributed by atoms with Gasteiger partial charge in [-0.05, 0) is 36.5 Å². The van der Waals surface area contributed by atoms with Gasteiger partial charge in [0.2, 0.25) is 5.91 Å². The highest BCUT2D eigenvalue weighted by Crippen LogP contribution is 2.28. The fourth-order valence-corrected chi connectivity index (χ4v) is 3.86. The Labute approximate surface area is 170 Å². The van der Waals surface area contributed by atoms with Gasteiger partial charge in [0, 0.05) is 18.3 Å². The van der Waals surface area contributed by atoms with Crippen molar-refractivity contribution in [3.8, 4) is 11.4 Å². The summed E-state index contributed by atoms with van der Waals surface area (Å²) < 4.78 is 1.94. The summed E-state index contributed by atoms with van der Waals surface area (Å²) in [6, 6.07) is 14.2. The molecule has 0 saturated carbocycles. The number of hydrogen-bond donors (Lipinski definition) is 1. The summed E-state index contributed by atoms with van der Waals surface area (Å²) in [6.45, 7) is 8.34. The molecule has 0 unspecified atom stereocenters. The van der Waals surface area contributed by atoms with E-state index in [4.69, 9.17) is 0 Å². The van der Waals surface area contributed by atoms with E-state index in [1.807, 2.05) is 48.9 Å². The summed E-state index contributed by atoms with van der Waals surface area (Å²) in [5.41, 5.74) is 5.34. The van der Waals surface area contributed by atoms with Crippen LogP contribution in [0.15, 0.2) is 47.6 Å². The van der Waals surface area contributed by atoms with E-state index in [1.54, 1.807) is 0 Å². The van der Waals surface area contributed by atoms with Crippen LogP contribution in [0.3, 0.4) is 0 Å². The first kappa shape index (κ1) is 20.1. The average Bonchev–Trinajstić information content (AvgIpc) is 3.02. The molecule has 5 nitrogen and oxygen atoms in total. The molecule has 0 spiro atoms. The van der Waals surface area contributed by atoms with Gasteiger partial charge in [0.15, 0.2) is 11.0 Å². The first-order valence-electron chi connectivity index (χ1n) is 9.36. The van der Waals surface area contributed by atoms with Gasteiger partial charge in [-0.15, -0.1) is 10.2 Å². The van der Waals surface area contributed by atoms with Gasteiger partial charge in [-0.25, -0.2) is 0 Å². The van der Waals surface area contributed by atoms with E-state index in [0.717, 1.165) is 38.9 Å². The van der Waals surface area contributed by atoms with Crippen LogP contribution in [-0.2, 0) is 11.8 Å². The molecule has 0 aliphatic heterocycles. The van der Waals surface area contributed by atoms with Crippen LogP contribution >= 0.6 is 11.8 Å². The molecule has 1 amide bonds. The lowest BCUT2D eigenvalue weighted by molar-refractivity contribution is -0.113. The smallest absolute Gasteiger partial charge is 0.234 e. The molecule has 1 aromatic heterocycles. The van der Waals surface area contributed by atoms with Gasteiger partial charge >= 0.3 is 0 Å². The summed E-state index contributed by atoms with van der Waals surface area (Å²) in [4.78, 5) is 12.6. The zero-order chi connectivity index (χ0) is 20.3. The molecule has 0 atom stereocenters. The normalized spacial score (nSPS) is 11.1. The van der Waals surface area contributed by atoms with Gasteiger partial charge in [-0.2, -0.15) is 0 Å². The number of hydrogen-bond acceptors (Lipinski definition) is 4. The minimum absolute atomic E-state index is 0.0401. The molecule has 3 rings (SSSR count). The quantitative estimate of drug-likeness (QED) is 0.601. The molecule has 2 aromatic carbocycles. The molecule has 0 aliphatic rings. The highest BCUT2D eigenvalue weighted by molar-refractivity contribution is 7.99. The maximum absolute atomic E-state index is 12.6. The Bertz CT molecular complexity index is 994. The maximum atomic E-state index is 12.6. The predicted octanol–water partition coefficient (Wildman–Crippen LogP) is 4.95. The maximum Gasteiger partial charge on any atom is 0.234 e. The number of thioether (sulfide) groups is 1. The third-order valence-electron chi connectivity index (χ3n) is 4.74. The molecule has 1 heterocycles. The largest absolute Gasteiger partial charge is 0.325 e. The molecule has 0 saturated heterocycles. The number of benzene rings is 2. The lowest BCUT2D eigenvalue weighted by Gasteiger charge is -2.16. The van der Waals surface area contributed by atoms with Crippen molar-refractivity contribution in [1.29, 1.82) is 0 Å². The van der Waals surface area contributed by atoms with Crippen LogP contribution < -0.4 is 5.32 Å². The van der Waals surface area contributed by atoms with Gasteiger partial charge in [0.25, 0.3) is 0 Å². The van der Waals surface area contributed by atoms with Crippen LogP contribution in [0.25, 0.3) is 11.4 Å². The lowest BCUT2D eigenvalue weighted by atomic mass is 9.98. The van der Waals surface area contributed by atoms with Crippen LogP contribution in [0.5, 0.6) is 0 Å². The zero-order valence-electron chi connectivity index (χ0n) is 17.0. The van der Waals surface area contributed by atoms with Crippen molar-refractivity contribution in [2.24, 2.45) is 7.05 Å². The van der Waals surface area contributed by atoms with Gasteiger partial charge in [0.1, 0.15) is 0 Å². The summed E-state index contributed by atoms with van der Waals surface area (Å²) in [5, 5.41) is 12.4. The summed E-state index contributed by atoms with van der Waals surface area (Å²) in [7, 11) is 1.93. The highest BCUT2D eigenvalue weighted by atomic mass is 32.2. The number of rotatable bonds is 6. The standard InChI is InChI=1S/C22H26N4OS/c1-14(2)17-12-8-10-16(4)20(17)23-19(27)13-28-22-25-24-21(26(22)5)18-11-7-6-9-15(18)3/h6-12,14H,13H2,1-5H3,(H,23,27). The van der Waals surface area contributed by atoms with Crippen LogP contribution in [0, 0.1) is 13.8 Å². The van der Waals surface area contributed by atoms with Crippen molar-refractivity contribution in [2.45, 2.75) is 38.8 Å². The second-order valence-corrected chi connectivity index (χ2v) is 8.15. The Hall–Kier alpha value is -2.60. The second-order valence-electron chi connectivity index (χ2n) is 7.21. The first-order chi connectivity index (χ1) is 13.4. The molecule has 0 aliphatic carbocycles. The molecule has 0 bridgehead atoms. The zero-order valence-corrected chi connectivity index (χ0v) is 17.8.